The summed E-state index contributed by atoms with van der Waals surface area (Å²) in [4.78, 5) is 11.3. The van der Waals surface area contributed by atoms with Crippen LogP contribution in [0.2, 0.25) is 0 Å². The number of carbonyl (C=O) groups is 1. The van der Waals surface area contributed by atoms with Gasteiger partial charge in [-0.1, -0.05) is 25.1 Å². The first-order chi connectivity index (χ1) is 7.16. The summed E-state index contributed by atoms with van der Waals surface area (Å²) >= 11 is 0. The Bertz CT molecular complexity index is 336. The van der Waals surface area contributed by atoms with Crippen molar-refractivity contribution in [2.24, 2.45) is 0 Å². The van der Waals surface area contributed by atoms with Gasteiger partial charge in [0.25, 0.3) is 0 Å². The zero-order valence-corrected chi connectivity index (χ0v) is 9.00. The number of benzene rings is 1. The summed E-state index contributed by atoms with van der Waals surface area (Å²) in [6.45, 7) is 3.81. The quantitative estimate of drug-likeness (QED) is 0.747. The molecule has 0 amide bonds. The van der Waals surface area contributed by atoms with Crippen LogP contribution in [0.15, 0.2) is 24.3 Å². The highest BCUT2D eigenvalue weighted by molar-refractivity contribution is 5.81. The largest absolute Gasteiger partial charge is 0.366 e. The maximum atomic E-state index is 13.4. The maximum Gasteiger partial charge on any atom is 0.163 e. The number of rotatable bonds is 5. The zero-order chi connectivity index (χ0) is 11.3. The molecule has 1 atom stereocenters. The molecule has 0 radical (unpaired) electrons. The molecule has 1 aromatic rings. The fraction of sp³-hybridized carbons (Fsp3) is 0.417. The third-order valence-electron chi connectivity index (χ3n) is 2.05. The number of halogens is 1. The van der Waals surface area contributed by atoms with Crippen LogP contribution >= 0.6 is 0 Å². The maximum absolute atomic E-state index is 13.4. The van der Waals surface area contributed by atoms with Crippen LogP contribution in [0.4, 0.5) is 4.39 Å². The molecule has 3 heteroatoms. The number of ether oxygens (including phenoxy) is 1. The topological polar surface area (TPSA) is 26.3 Å². The second-order valence-corrected chi connectivity index (χ2v) is 3.38. The van der Waals surface area contributed by atoms with Crippen LogP contribution in [-0.4, -0.2) is 12.4 Å². The van der Waals surface area contributed by atoms with Crippen LogP contribution < -0.4 is 0 Å². The van der Waals surface area contributed by atoms with Gasteiger partial charge in [0, 0.05) is 12.2 Å². The standard InChI is InChI=1S/C12H15FO2/c1-3-8-15-12(9(2)14)10-6-4-5-7-11(10)13/h4-7,12H,3,8H2,1-2H3. The van der Waals surface area contributed by atoms with Crippen molar-refractivity contribution in [2.75, 3.05) is 6.61 Å². The van der Waals surface area contributed by atoms with E-state index in [4.69, 9.17) is 4.74 Å². The summed E-state index contributed by atoms with van der Waals surface area (Å²) in [7, 11) is 0. The molecule has 0 N–H and O–H groups in total. The average Bonchev–Trinajstić information content (AvgIpc) is 2.20. The van der Waals surface area contributed by atoms with E-state index in [9.17, 15) is 9.18 Å². The van der Waals surface area contributed by atoms with E-state index in [1.807, 2.05) is 6.92 Å². The molecular formula is C12H15FO2. The lowest BCUT2D eigenvalue weighted by Gasteiger charge is -2.15. The van der Waals surface area contributed by atoms with Crippen molar-refractivity contribution in [3.05, 3.63) is 35.6 Å². The van der Waals surface area contributed by atoms with Crippen LogP contribution in [0.5, 0.6) is 0 Å². The fourth-order valence-electron chi connectivity index (χ4n) is 1.35. The normalized spacial score (nSPS) is 12.5. The molecule has 0 saturated heterocycles. The predicted molar refractivity (Wildman–Crippen MR) is 56.1 cm³/mol. The first-order valence-electron chi connectivity index (χ1n) is 5.03. The minimum absolute atomic E-state index is 0.173. The summed E-state index contributed by atoms with van der Waals surface area (Å²) in [6.07, 6.45) is 0.0317. The van der Waals surface area contributed by atoms with E-state index < -0.39 is 11.9 Å². The summed E-state index contributed by atoms with van der Waals surface area (Å²) in [5.41, 5.74) is 0.318. The molecule has 0 spiro atoms. The van der Waals surface area contributed by atoms with Crippen LogP contribution in [0.3, 0.4) is 0 Å². The highest BCUT2D eigenvalue weighted by atomic mass is 19.1. The van der Waals surface area contributed by atoms with E-state index >= 15 is 0 Å². The van der Waals surface area contributed by atoms with Crippen molar-refractivity contribution in [2.45, 2.75) is 26.4 Å². The first-order valence-corrected chi connectivity index (χ1v) is 5.03. The summed E-state index contributed by atoms with van der Waals surface area (Å²) in [6, 6.07) is 6.21. The Kier molecular flexibility index (Phi) is 4.43. The van der Waals surface area contributed by atoms with E-state index in [1.165, 1.54) is 13.0 Å². The number of Topliss-reactive ketones (excluding diaryl/α,β-unsaturated/α-hetero) is 1. The van der Waals surface area contributed by atoms with Crippen molar-refractivity contribution < 1.29 is 13.9 Å². The van der Waals surface area contributed by atoms with Gasteiger partial charge in [-0.2, -0.15) is 0 Å². The lowest BCUT2D eigenvalue weighted by molar-refractivity contribution is -0.129. The molecule has 82 valence electrons. The van der Waals surface area contributed by atoms with Crippen LogP contribution in [0.1, 0.15) is 31.9 Å². The van der Waals surface area contributed by atoms with Gasteiger partial charge in [0.1, 0.15) is 11.9 Å². The van der Waals surface area contributed by atoms with E-state index in [2.05, 4.69) is 0 Å². The highest BCUT2D eigenvalue weighted by Crippen LogP contribution is 2.21. The molecule has 15 heavy (non-hydrogen) atoms. The van der Waals surface area contributed by atoms with Gasteiger partial charge in [0.15, 0.2) is 5.78 Å². The smallest absolute Gasteiger partial charge is 0.163 e. The number of carbonyl (C=O) groups excluding carboxylic acids is 1. The Morgan fingerprint density at radius 1 is 1.47 bits per heavy atom. The minimum Gasteiger partial charge on any atom is -0.366 e. The number of ketones is 1. The Labute approximate surface area is 89.1 Å². The van der Waals surface area contributed by atoms with E-state index in [0.717, 1.165) is 6.42 Å². The molecule has 0 heterocycles. The fourth-order valence-corrected chi connectivity index (χ4v) is 1.35. The van der Waals surface area contributed by atoms with Gasteiger partial charge in [-0.05, 0) is 19.4 Å². The van der Waals surface area contributed by atoms with Crippen molar-refractivity contribution in [1.29, 1.82) is 0 Å². The molecule has 0 fully saturated rings. The predicted octanol–water partition coefficient (Wildman–Crippen LogP) is 2.88. The van der Waals surface area contributed by atoms with Gasteiger partial charge in [0.05, 0.1) is 0 Å². The molecule has 0 aromatic heterocycles. The molecule has 2 nitrogen and oxygen atoms in total. The van der Waals surface area contributed by atoms with Crippen molar-refractivity contribution >= 4 is 5.78 Å². The molecule has 1 unspecified atom stereocenters. The summed E-state index contributed by atoms with van der Waals surface area (Å²) in [5, 5.41) is 0. The summed E-state index contributed by atoms with van der Waals surface area (Å²) in [5.74, 6) is -0.567. The molecule has 0 aliphatic carbocycles. The van der Waals surface area contributed by atoms with Gasteiger partial charge in [-0.25, -0.2) is 4.39 Å². The zero-order valence-electron chi connectivity index (χ0n) is 9.00. The Hall–Kier alpha value is -1.22. The summed E-state index contributed by atoms with van der Waals surface area (Å²) < 4.78 is 18.7. The van der Waals surface area contributed by atoms with Gasteiger partial charge < -0.3 is 4.74 Å². The van der Waals surface area contributed by atoms with Gasteiger partial charge in [-0.3, -0.25) is 4.79 Å². The Morgan fingerprint density at radius 2 is 2.13 bits per heavy atom. The third kappa shape index (κ3) is 3.13. The van der Waals surface area contributed by atoms with Crippen molar-refractivity contribution in [1.82, 2.24) is 0 Å². The van der Waals surface area contributed by atoms with E-state index in [1.54, 1.807) is 18.2 Å². The van der Waals surface area contributed by atoms with Crippen molar-refractivity contribution in [3.63, 3.8) is 0 Å². The van der Waals surface area contributed by atoms with E-state index in [-0.39, 0.29) is 5.78 Å². The molecular weight excluding hydrogens is 195 g/mol. The third-order valence-corrected chi connectivity index (χ3v) is 2.05. The SMILES string of the molecule is CCCOC(C(C)=O)c1ccccc1F. The van der Waals surface area contributed by atoms with Gasteiger partial charge in [0.2, 0.25) is 0 Å². The van der Waals surface area contributed by atoms with Gasteiger partial charge in [-0.15, -0.1) is 0 Å². The second-order valence-electron chi connectivity index (χ2n) is 3.38. The molecule has 0 aliphatic rings. The second kappa shape index (κ2) is 5.61. The molecule has 0 aliphatic heterocycles. The highest BCUT2D eigenvalue weighted by Gasteiger charge is 2.20. The van der Waals surface area contributed by atoms with Crippen LogP contribution in [-0.2, 0) is 9.53 Å². The molecule has 1 rings (SSSR count). The lowest BCUT2D eigenvalue weighted by atomic mass is 10.1. The van der Waals surface area contributed by atoms with Gasteiger partial charge >= 0.3 is 0 Å². The lowest BCUT2D eigenvalue weighted by Crippen LogP contribution is -2.15. The molecule has 1 aromatic carbocycles. The van der Waals surface area contributed by atoms with Crippen LogP contribution in [0.25, 0.3) is 0 Å². The average molecular weight is 210 g/mol. The van der Waals surface area contributed by atoms with Crippen LogP contribution in [0, 0.1) is 5.82 Å². The van der Waals surface area contributed by atoms with E-state index in [0.29, 0.717) is 12.2 Å². The van der Waals surface area contributed by atoms with Crippen molar-refractivity contribution in [3.8, 4) is 0 Å². The minimum atomic E-state index is -0.772. The Morgan fingerprint density at radius 3 is 2.67 bits per heavy atom. The number of hydrogen-bond acceptors (Lipinski definition) is 2. The first kappa shape index (κ1) is 11.9. The number of hydrogen-bond donors (Lipinski definition) is 0. The monoisotopic (exact) mass is 210 g/mol. The Balaban J connectivity index is 2.89. The molecule has 0 saturated carbocycles. The molecule has 0 bridgehead atoms.